The van der Waals surface area contributed by atoms with Crippen LogP contribution in [0.15, 0.2) is 18.3 Å². The summed E-state index contributed by atoms with van der Waals surface area (Å²) in [7, 11) is 0. The Morgan fingerprint density at radius 2 is 1.89 bits per heavy atom. The van der Waals surface area contributed by atoms with Gasteiger partial charge < -0.3 is 15.4 Å². The fourth-order valence-corrected chi connectivity index (χ4v) is 3.40. The van der Waals surface area contributed by atoms with Crippen molar-refractivity contribution in [2.75, 3.05) is 5.32 Å². The summed E-state index contributed by atoms with van der Waals surface area (Å²) in [4.78, 5) is 16.6. The smallest absolute Gasteiger partial charge is 0.407 e. The van der Waals surface area contributed by atoms with Crippen molar-refractivity contribution < 1.29 is 9.53 Å². The lowest BCUT2D eigenvalue weighted by atomic mass is 9.91. The predicted molar refractivity (Wildman–Crippen MR) is 106 cm³/mol. The summed E-state index contributed by atoms with van der Waals surface area (Å²) in [5.41, 5.74) is 1.46. The fraction of sp³-hybridized carbons (Fsp3) is 0.650. The van der Waals surface area contributed by atoms with Gasteiger partial charge in [0.25, 0.3) is 0 Å². The minimum Gasteiger partial charge on any atom is -0.444 e. The van der Waals surface area contributed by atoms with Crippen LogP contribution in [0.25, 0.3) is 5.65 Å². The normalized spacial score (nSPS) is 20.7. The molecule has 0 unspecified atom stereocenters. The third kappa shape index (κ3) is 5.11. The first-order valence-electron chi connectivity index (χ1n) is 9.82. The van der Waals surface area contributed by atoms with Crippen LogP contribution in [0.4, 0.5) is 10.6 Å². The first-order valence-corrected chi connectivity index (χ1v) is 9.82. The van der Waals surface area contributed by atoms with Gasteiger partial charge in [-0.25, -0.2) is 9.78 Å². The Balaban J connectivity index is 1.59. The van der Waals surface area contributed by atoms with Gasteiger partial charge in [0, 0.05) is 29.9 Å². The maximum absolute atomic E-state index is 12.0. The van der Waals surface area contributed by atoms with E-state index in [1.54, 1.807) is 6.20 Å². The van der Waals surface area contributed by atoms with Crippen LogP contribution in [0.5, 0.6) is 0 Å². The number of fused-ring (bicyclic) bond motifs is 1. The van der Waals surface area contributed by atoms with Gasteiger partial charge in [-0.2, -0.15) is 9.61 Å². The van der Waals surface area contributed by atoms with Crippen LogP contribution in [0.3, 0.4) is 0 Å². The van der Waals surface area contributed by atoms with Gasteiger partial charge in [-0.15, -0.1) is 0 Å². The second-order valence-corrected chi connectivity index (χ2v) is 8.66. The van der Waals surface area contributed by atoms with Crippen molar-refractivity contribution in [3.63, 3.8) is 0 Å². The van der Waals surface area contributed by atoms with Crippen molar-refractivity contribution in [2.45, 2.75) is 83.9 Å². The Morgan fingerprint density at radius 3 is 2.52 bits per heavy atom. The van der Waals surface area contributed by atoms with E-state index in [1.165, 1.54) is 0 Å². The zero-order valence-corrected chi connectivity index (χ0v) is 17.0. The topological polar surface area (TPSA) is 80.5 Å². The van der Waals surface area contributed by atoms with Crippen molar-refractivity contribution in [3.05, 3.63) is 24.0 Å². The molecule has 1 fully saturated rings. The number of carbonyl (C=O) groups is 1. The average molecular weight is 374 g/mol. The minimum atomic E-state index is -0.465. The van der Waals surface area contributed by atoms with E-state index in [9.17, 15) is 4.79 Å². The number of ether oxygens (including phenoxy) is 1. The van der Waals surface area contributed by atoms with Gasteiger partial charge in [0.2, 0.25) is 0 Å². The van der Waals surface area contributed by atoms with Gasteiger partial charge >= 0.3 is 6.09 Å². The largest absolute Gasteiger partial charge is 0.444 e. The molecule has 2 heterocycles. The summed E-state index contributed by atoms with van der Waals surface area (Å²) in [6.45, 7) is 9.93. The summed E-state index contributed by atoms with van der Waals surface area (Å²) in [5, 5.41) is 11.0. The molecule has 1 saturated carbocycles. The van der Waals surface area contributed by atoms with Gasteiger partial charge in [-0.1, -0.05) is 13.8 Å². The summed E-state index contributed by atoms with van der Waals surface area (Å²) < 4.78 is 7.21. The summed E-state index contributed by atoms with van der Waals surface area (Å²) in [6, 6.07) is 4.55. The highest BCUT2D eigenvalue weighted by atomic mass is 16.6. The maximum atomic E-state index is 12.0. The van der Waals surface area contributed by atoms with Crippen molar-refractivity contribution >= 4 is 17.6 Å². The monoisotopic (exact) mass is 373 g/mol. The lowest BCUT2D eigenvalue weighted by Crippen LogP contribution is -2.42. The van der Waals surface area contributed by atoms with Crippen LogP contribution in [0.1, 0.15) is 71.9 Å². The molecule has 0 atom stereocenters. The third-order valence-electron chi connectivity index (χ3n) is 4.77. The Bertz CT molecular complexity index is 785. The molecule has 0 radical (unpaired) electrons. The number of hydrogen-bond donors (Lipinski definition) is 2. The number of alkyl carbamates (subject to hydrolysis) is 1. The van der Waals surface area contributed by atoms with E-state index < -0.39 is 5.60 Å². The van der Waals surface area contributed by atoms with Gasteiger partial charge in [0.1, 0.15) is 11.4 Å². The molecule has 0 spiro atoms. The molecule has 0 aromatic carbocycles. The molecule has 0 saturated heterocycles. The molecule has 7 nitrogen and oxygen atoms in total. The van der Waals surface area contributed by atoms with Crippen LogP contribution < -0.4 is 10.6 Å². The lowest BCUT2D eigenvalue weighted by Gasteiger charge is -2.31. The van der Waals surface area contributed by atoms with Crippen molar-refractivity contribution in [3.8, 4) is 0 Å². The molecular formula is C20H31N5O2. The fourth-order valence-electron chi connectivity index (χ4n) is 3.40. The van der Waals surface area contributed by atoms with Crippen LogP contribution in [-0.4, -0.2) is 38.4 Å². The van der Waals surface area contributed by atoms with Crippen molar-refractivity contribution in [1.82, 2.24) is 19.9 Å². The van der Waals surface area contributed by atoms with Gasteiger partial charge in [-0.3, -0.25) is 0 Å². The van der Waals surface area contributed by atoms with E-state index in [-0.39, 0.29) is 12.1 Å². The van der Waals surface area contributed by atoms with E-state index in [4.69, 9.17) is 4.74 Å². The number of hydrogen-bond acceptors (Lipinski definition) is 5. The van der Waals surface area contributed by atoms with Crippen LogP contribution in [0.2, 0.25) is 0 Å². The van der Waals surface area contributed by atoms with E-state index in [1.807, 2.05) is 31.4 Å². The lowest BCUT2D eigenvalue weighted by molar-refractivity contribution is 0.0492. The zero-order chi connectivity index (χ0) is 19.6. The average Bonchev–Trinajstić information content (AvgIpc) is 3.03. The van der Waals surface area contributed by atoms with E-state index in [0.717, 1.165) is 42.8 Å². The molecule has 27 heavy (non-hydrogen) atoms. The highest BCUT2D eigenvalue weighted by Gasteiger charge is 2.25. The van der Waals surface area contributed by atoms with Crippen LogP contribution in [0, 0.1) is 0 Å². The van der Waals surface area contributed by atoms with E-state index in [2.05, 4.69) is 40.6 Å². The molecule has 0 bridgehead atoms. The molecule has 7 heteroatoms. The summed E-state index contributed by atoms with van der Waals surface area (Å²) in [6.07, 6.45) is 5.29. The Hall–Kier alpha value is -2.31. The predicted octanol–water partition coefficient (Wildman–Crippen LogP) is 4.10. The van der Waals surface area contributed by atoms with Crippen molar-refractivity contribution in [2.24, 2.45) is 0 Å². The first kappa shape index (κ1) is 19.5. The van der Waals surface area contributed by atoms with Gasteiger partial charge in [0.05, 0.1) is 6.20 Å². The molecular weight excluding hydrogens is 342 g/mol. The van der Waals surface area contributed by atoms with Crippen LogP contribution >= 0.6 is 0 Å². The quantitative estimate of drug-likeness (QED) is 0.843. The minimum absolute atomic E-state index is 0.172. The first-order chi connectivity index (χ1) is 12.7. The molecule has 2 aromatic rings. The highest BCUT2D eigenvalue weighted by Crippen LogP contribution is 2.25. The Morgan fingerprint density at radius 1 is 1.22 bits per heavy atom. The summed E-state index contributed by atoms with van der Waals surface area (Å²) >= 11 is 0. The maximum Gasteiger partial charge on any atom is 0.407 e. The van der Waals surface area contributed by atoms with Gasteiger partial charge in [-0.05, 0) is 52.4 Å². The molecule has 148 valence electrons. The number of nitrogens with zero attached hydrogens (tertiary/aromatic N) is 3. The number of nitrogens with one attached hydrogen (secondary N) is 2. The molecule has 1 aliphatic rings. The molecule has 1 aliphatic carbocycles. The summed E-state index contributed by atoms with van der Waals surface area (Å²) in [5.74, 6) is 1.34. The second-order valence-electron chi connectivity index (χ2n) is 8.66. The number of rotatable bonds is 4. The number of anilines is 1. The van der Waals surface area contributed by atoms with E-state index in [0.29, 0.717) is 12.0 Å². The zero-order valence-electron chi connectivity index (χ0n) is 17.0. The molecule has 2 aromatic heterocycles. The van der Waals surface area contributed by atoms with Crippen LogP contribution in [-0.2, 0) is 4.74 Å². The molecule has 2 N–H and O–H groups in total. The molecule has 3 rings (SSSR count). The number of amides is 1. The Kier molecular flexibility index (Phi) is 5.58. The third-order valence-corrected chi connectivity index (χ3v) is 4.77. The molecule has 0 aliphatic heterocycles. The Labute approximate surface area is 160 Å². The van der Waals surface area contributed by atoms with E-state index >= 15 is 0 Å². The SMILES string of the molecule is CC(C)c1cc(NC2CCC(NC(=O)OC(C)(C)C)CC2)n2nccc2n1. The number of carbonyl (C=O) groups excluding carboxylic acids is 1. The second kappa shape index (κ2) is 7.74. The van der Waals surface area contributed by atoms with Crippen molar-refractivity contribution in [1.29, 1.82) is 0 Å². The number of aromatic nitrogens is 3. The standard InChI is InChI=1S/C20H31N5O2/c1-13(2)16-12-18(25-17(24-16)10-11-21-25)22-14-6-8-15(9-7-14)23-19(26)27-20(3,4)5/h10-15,22H,6-9H2,1-5H3,(H,23,26). The highest BCUT2D eigenvalue weighted by molar-refractivity contribution is 5.68. The molecule has 1 amide bonds. The van der Waals surface area contributed by atoms with Gasteiger partial charge in [0.15, 0.2) is 5.65 Å².